The van der Waals surface area contributed by atoms with Crippen molar-refractivity contribution in [2.45, 2.75) is 6.18 Å². The number of aromatic nitrogens is 2. The van der Waals surface area contributed by atoms with Crippen LogP contribution in [0.3, 0.4) is 0 Å². The number of nitrogens with one attached hydrogen (secondary N) is 1. The van der Waals surface area contributed by atoms with E-state index in [-0.39, 0.29) is 16.6 Å². The first kappa shape index (κ1) is 21.5. The number of nitrogen functional groups attached to an aromatic ring is 1. The second kappa shape index (κ2) is 8.39. The predicted molar refractivity (Wildman–Crippen MR) is 118 cm³/mol. The number of halogens is 4. The van der Waals surface area contributed by atoms with Gasteiger partial charge in [-0.1, -0.05) is 41.9 Å². The second-order valence-electron chi connectivity index (χ2n) is 6.93. The molecule has 162 valence electrons. The van der Waals surface area contributed by atoms with Gasteiger partial charge in [0.25, 0.3) is 5.91 Å². The molecule has 3 N–H and O–H groups in total. The van der Waals surface area contributed by atoms with Crippen LogP contribution in [0.2, 0.25) is 5.02 Å². The maximum absolute atomic E-state index is 13.3. The first-order valence-corrected chi connectivity index (χ1v) is 9.79. The molecular weight excluding hydrogens is 441 g/mol. The van der Waals surface area contributed by atoms with Crippen LogP contribution in [0.25, 0.3) is 16.9 Å². The molecular formula is C23H16ClF3N4O. The summed E-state index contributed by atoms with van der Waals surface area (Å²) in [4.78, 5) is 12.5. The number of alkyl halides is 3. The molecule has 0 saturated carbocycles. The van der Waals surface area contributed by atoms with Crippen molar-refractivity contribution in [3.8, 4) is 16.9 Å². The van der Waals surface area contributed by atoms with Gasteiger partial charge in [-0.05, 0) is 48.5 Å². The summed E-state index contributed by atoms with van der Waals surface area (Å²) in [6.45, 7) is 0. The summed E-state index contributed by atoms with van der Waals surface area (Å²) < 4.78 is 41.2. The average molecular weight is 457 g/mol. The van der Waals surface area contributed by atoms with Crippen molar-refractivity contribution in [3.05, 3.63) is 95.1 Å². The van der Waals surface area contributed by atoms with Crippen molar-refractivity contribution in [1.82, 2.24) is 9.78 Å². The van der Waals surface area contributed by atoms with Gasteiger partial charge in [-0.25, -0.2) is 4.68 Å². The van der Waals surface area contributed by atoms with E-state index >= 15 is 0 Å². The van der Waals surface area contributed by atoms with E-state index in [9.17, 15) is 18.0 Å². The molecule has 0 aliphatic rings. The minimum Gasteiger partial charge on any atom is -0.399 e. The van der Waals surface area contributed by atoms with Gasteiger partial charge in [0, 0.05) is 22.5 Å². The molecule has 0 unspecified atom stereocenters. The van der Waals surface area contributed by atoms with E-state index in [1.54, 1.807) is 60.7 Å². The quantitative estimate of drug-likeness (QED) is 0.367. The molecule has 32 heavy (non-hydrogen) atoms. The van der Waals surface area contributed by atoms with E-state index < -0.39 is 11.9 Å². The summed E-state index contributed by atoms with van der Waals surface area (Å²) in [6, 6.07) is 20.3. The molecule has 0 bridgehead atoms. The van der Waals surface area contributed by atoms with Gasteiger partial charge in [-0.2, -0.15) is 18.3 Å². The molecule has 1 heterocycles. The molecule has 0 atom stereocenters. The van der Waals surface area contributed by atoms with Gasteiger partial charge in [0.2, 0.25) is 0 Å². The zero-order chi connectivity index (χ0) is 22.9. The van der Waals surface area contributed by atoms with Crippen molar-refractivity contribution in [3.63, 3.8) is 0 Å². The lowest BCUT2D eigenvalue weighted by Crippen LogP contribution is -2.11. The minimum atomic E-state index is -4.63. The van der Waals surface area contributed by atoms with E-state index in [2.05, 4.69) is 10.4 Å². The smallest absolute Gasteiger partial charge is 0.399 e. The molecule has 0 spiro atoms. The number of amides is 1. The zero-order valence-corrected chi connectivity index (χ0v) is 17.2. The summed E-state index contributed by atoms with van der Waals surface area (Å²) in [5, 5.41) is 6.70. The maximum Gasteiger partial charge on any atom is 0.435 e. The predicted octanol–water partition coefficient (Wildman–Crippen LogP) is 6.05. The van der Waals surface area contributed by atoms with Crippen LogP contribution in [0.5, 0.6) is 0 Å². The highest BCUT2D eigenvalue weighted by Gasteiger charge is 2.35. The number of carbonyl (C=O) groups excluding carboxylic acids is 1. The van der Waals surface area contributed by atoms with Crippen molar-refractivity contribution in [1.29, 1.82) is 0 Å². The lowest BCUT2D eigenvalue weighted by molar-refractivity contribution is -0.141. The third-order valence-electron chi connectivity index (χ3n) is 4.67. The number of carbonyl (C=O) groups is 1. The molecule has 1 amide bonds. The number of para-hydroxylation sites is 1. The lowest BCUT2D eigenvalue weighted by Gasteiger charge is -2.10. The monoisotopic (exact) mass is 456 g/mol. The SMILES string of the molecule is Nc1cccc(NC(=O)c2ccc(-c3cc(C(F)(F)F)nn3-c3ccccc3Cl)cc2)c1. The van der Waals surface area contributed by atoms with Crippen LogP contribution in [0, 0.1) is 0 Å². The summed E-state index contributed by atoms with van der Waals surface area (Å²) in [7, 11) is 0. The molecule has 0 radical (unpaired) electrons. The lowest BCUT2D eigenvalue weighted by atomic mass is 10.1. The Hall–Kier alpha value is -3.78. The van der Waals surface area contributed by atoms with Gasteiger partial charge < -0.3 is 11.1 Å². The molecule has 5 nitrogen and oxygen atoms in total. The summed E-state index contributed by atoms with van der Waals surface area (Å²) >= 11 is 6.19. The Balaban J connectivity index is 1.68. The number of anilines is 2. The standard InChI is InChI=1S/C23H16ClF3N4O/c24-18-6-1-2-7-19(18)31-20(13-21(30-31)23(25,26)27)14-8-10-15(11-9-14)22(32)29-17-5-3-4-16(28)12-17/h1-13H,28H2,(H,29,32). The van der Waals surface area contributed by atoms with Gasteiger partial charge in [-0.15, -0.1) is 0 Å². The first-order chi connectivity index (χ1) is 15.2. The van der Waals surface area contributed by atoms with Crippen LogP contribution >= 0.6 is 11.6 Å². The fourth-order valence-corrected chi connectivity index (χ4v) is 3.36. The number of hydrogen-bond donors (Lipinski definition) is 2. The number of hydrogen-bond acceptors (Lipinski definition) is 3. The molecule has 9 heteroatoms. The van der Waals surface area contributed by atoms with Crippen LogP contribution in [-0.2, 0) is 6.18 Å². The number of nitrogens with zero attached hydrogens (tertiary/aromatic N) is 2. The highest BCUT2D eigenvalue weighted by molar-refractivity contribution is 6.32. The van der Waals surface area contributed by atoms with E-state index in [1.165, 1.54) is 12.1 Å². The van der Waals surface area contributed by atoms with Crippen LogP contribution < -0.4 is 11.1 Å². The Bertz CT molecular complexity index is 1280. The Morgan fingerprint density at radius 1 is 0.969 bits per heavy atom. The molecule has 3 aromatic carbocycles. The largest absolute Gasteiger partial charge is 0.435 e. The fourth-order valence-electron chi connectivity index (χ4n) is 3.14. The van der Waals surface area contributed by atoms with Gasteiger partial charge in [0.15, 0.2) is 5.69 Å². The summed E-state index contributed by atoms with van der Waals surface area (Å²) in [6.07, 6.45) is -4.63. The molecule has 0 aliphatic carbocycles. The van der Waals surface area contributed by atoms with E-state index in [0.717, 1.165) is 10.7 Å². The van der Waals surface area contributed by atoms with Crippen LogP contribution in [0.1, 0.15) is 16.1 Å². The second-order valence-corrected chi connectivity index (χ2v) is 7.34. The molecule has 4 aromatic rings. The van der Waals surface area contributed by atoms with Crippen molar-refractivity contribution < 1.29 is 18.0 Å². The zero-order valence-electron chi connectivity index (χ0n) is 16.4. The van der Waals surface area contributed by atoms with Gasteiger partial charge in [0.05, 0.1) is 16.4 Å². The first-order valence-electron chi connectivity index (χ1n) is 9.42. The van der Waals surface area contributed by atoms with Crippen molar-refractivity contribution >= 4 is 28.9 Å². The van der Waals surface area contributed by atoms with E-state index in [1.807, 2.05) is 0 Å². The van der Waals surface area contributed by atoms with Gasteiger partial charge in [-0.3, -0.25) is 4.79 Å². The normalized spacial score (nSPS) is 11.4. The topological polar surface area (TPSA) is 72.9 Å². The van der Waals surface area contributed by atoms with Gasteiger partial charge in [0.1, 0.15) is 0 Å². The summed E-state index contributed by atoms with van der Waals surface area (Å²) in [5.41, 5.74) is 6.97. The minimum absolute atomic E-state index is 0.188. The van der Waals surface area contributed by atoms with Crippen LogP contribution in [-0.4, -0.2) is 15.7 Å². The Kier molecular flexibility index (Phi) is 5.63. The molecule has 0 fully saturated rings. The maximum atomic E-state index is 13.3. The third-order valence-corrected chi connectivity index (χ3v) is 4.99. The third kappa shape index (κ3) is 4.45. The molecule has 0 saturated heterocycles. The Morgan fingerprint density at radius 3 is 2.34 bits per heavy atom. The molecule has 4 rings (SSSR count). The Morgan fingerprint density at radius 2 is 1.69 bits per heavy atom. The molecule has 0 aliphatic heterocycles. The van der Waals surface area contributed by atoms with E-state index in [0.29, 0.717) is 28.2 Å². The summed E-state index contributed by atoms with van der Waals surface area (Å²) in [5.74, 6) is -0.377. The Labute approximate surface area is 186 Å². The van der Waals surface area contributed by atoms with E-state index in [4.69, 9.17) is 17.3 Å². The average Bonchev–Trinajstić information content (AvgIpc) is 3.20. The molecule has 1 aromatic heterocycles. The number of rotatable bonds is 4. The highest BCUT2D eigenvalue weighted by Crippen LogP contribution is 2.34. The van der Waals surface area contributed by atoms with Crippen molar-refractivity contribution in [2.24, 2.45) is 0 Å². The van der Waals surface area contributed by atoms with Crippen molar-refractivity contribution in [2.75, 3.05) is 11.1 Å². The highest BCUT2D eigenvalue weighted by atomic mass is 35.5. The fraction of sp³-hybridized carbons (Fsp3) is 0.0435. The van der Waals surface area contributed by atoms with Crippen LogP contribution in [0.4, 0.5) is 24.5 Å². The van der Waals surface area contributed by atoms with Crippen LogP contribution in [0.15, 0.2) is 78.9 Å². The number of benzene rings is 3. The number of nitrogens with two attached hydrogens (primary N) is 1. The van der Waals surface area contributed by atoms with Gasteiger partial charge >= 0.3 is 6.18 Å².